The van der Waals surface area contributed by atoms with Gasteiger partial charge in [0.25, 0.3) is 5.91 Å². The molecular weight excluding hydrogens is 314 g/mol. The lowest BCUT2D eigenvalue weighted by Crippen LogP contribution is -2.48. The first-order valence-electron chi connectivity index (χ1n) is 7.60. The van der Waals surface area contributed by atoms with Crippen molar-refractivity contribution in [3.63, 3.8) is 0 Å². The number of carbonyl (C=O) groups excluding carboxylic acids is 1. The third-order valence-electron chi connectivity index (χ3n) is 4.34. The molecule has 1 aliphatic carbocycles. The number of hydrogen-bond acceptors (Lipinski definition) is 4. The van der Waals surface area contributed by atoms with Crippen LogP contribution >= 0.6 is 11.8 Å². The maximum atomic E-state index is 12.7. The van der Waals surface area contributed by atoms with E-state index in [9.17, 15) is 9.59 Å². The molecule has 122 valence electrons. The molecule has 0 bridgehead atoms. The van der Waals surface area contributed by atoms with Crippen molar-refractivity contribution in [2.75, 3.05) is 6.26 Å². The highest BCUT2D eigenvalue weighted by Crippen LogP contribution is 2.33. The zero-order chi connectivity index (χ0) is 16.4. The van der Waals surface area contributed by atoms with Gasteiger partial charge < -0.3 is 10.4 Å². The average molecular weight is 333 g/mol. The van der Waals surface area contributed by atoms with Crippen LogP contribution in [-0.4, -0.2) is 38.2 Å². The molecule has 0 atom stereocenters. The molecule has 7 heteroatoms. The van der Waals surface area contributed by atoms with Gasteiger partial charge in [-0.15, -0.1) is 0 Å². The fourth-order valence-corrected chi connectivity index (χ4v) is 3.85. The number of rotatable bonds is 5. The predicted molar refractivity (Wildman–Crippen MR) is 87.9 cm³/mol. The Kier molecular flexibility index (Phi) is 4.30. The summed E-state index contributed by atoms with van der Waals surface area (Å²) in [5.41, 5.74) is 0.442. The Morgan fingerprint density at radius 3 is 2.78 bits per heavy atom. The van der Waals surface area contributed by atoms with E-state index in [0.29, 0.717) is 18.5 Å². The minimum Gasteiger partial charge on any atom is -0.481 e. The molecule has 0 aliphatic heterocycles. The number of pyridine rings is 1. The van der Waals surface area contributed by atoms with Gasteiger partial charge >= 0.3 is 5.97 Å². The summed E-state index contributed by atoms with van der Waals surface area (Å²) in [6, 6.07) is 5.60. The molecular formula is C16H19N3O3S. The molecule has 3 rings (SSSR count). The van der Waals surface area contributed by atoms with Crippen LogP contribution in [0, 0.1) is 0 Å². The van der Waals surface area contributed by atoms with Gasteiger partial charge in [-0.25, -0.2) is 4.98 Å². The van der Waals surface area contributed by atoms with Crippen LogP contribution in [0.15, 0.2) is 29.6 Å². The van der Waals surface area contributed by atoms with Gasteiger partial charge in [0.2, 0.25) is 0 Å². The van der Waals surface area contributed by atoms with Gasteiger partial charge in [-0.1, -0.05) is 30.7 Å². The third-order valence-corrected chi connectivity index (χ3v) is 5.00. The topological polar surface area (TPSA) is 83.7 Å². The summed E-state index contributed by atoms with van der Waals surface area (Å²) >= 11 is 1.47. The Balaban J connectivity index is 1.92. The highest BCUT2D eigenvalue weighted by Gasteiger charge is 2.38. The van der Waals surface area contributed by atoms with Crippen LogP contribution in [-0.2, 0) is 4.79 Å². The van der Waals surface area contributed by atoms with E-state index in [-0.39, 0.29) is 12.3 Å². The van der Waals surface area contributed by atoms with Crippen molar-refractivity contribution in [3.8, 4) is 0 Å². The largest absolute Gasteiger partial charge is 0.481 e. The van der Waals surface area contributed by atoms with Gasteiger partial charge in [0, 0.05) is 6.20 Å². The molecule has 2 aromatic rings. The van der Waals surface area contributed by atoms with Crippen LogP contribution in [0.3, 0.4) is 0 Å². The third kappa shape index (κ3) is 3.06. The van der Waals surface area contributed by atoms with Crippen LogP contribution in [0.2, 0.25) is 0 Å². The second kappa shape index (κ2) is 6.23. The molecule has 1 fully saturated rings. The summed E-state index contributed by atoms with van der Waals surface area (Å²) in [7, 11) is 0. The predicted octanol–water partition coefficient (Wildman–Crippen LogP) is 2.57. The van der Waals surface area contributed by atoms with Crippen molar-refractivity contribution < 1.29 is 14.7 Å². The second-order valence-corrected chi connectivity index (χ2v) is 6.69. The number of fused-ring (bicyclic) bond motifs is 1. The number of carboxylic acid groups (broad SMARTS) is 1. The number of amides is 1. The maximum Gasteiger partial charge on any atom is 0.305 e. The molecule has 0 unspecified atom stereocenters. The quantitative estimate of drug-likeness (QED) is 0.822. The first-order chi connectivity index (χ1) is 11.0. The fraction of sp³-hybridized carbons (Fsp3) is 0.438. The highest BCUT2D eigenvalue weighted by molar-refractivity contribution is 7.98. The van der Waals surface area contributed by atoms with Crippen molar-refractivity contribution in [1.82, 2.24) is 14.7 Å². The zero-order valence-electron chi connectivity index (χ0n) is 12.9. The number of nitrogens with one attached hydrogen (secondary N) is 1. The summed E-state index contributed by atoms with van der Waals surface area (Å²) in [5, 5.41) is 12.9. The lowest BCUT2D eigenvalue weighted by molar-refractivity contribution is -0.138. The lowest BCUT2D eigenvalue weighted by Gasteiger charge is -2.28. The van der Waals surface area contributed by atoms with Crippen LogP contribution in [0.5, 0.6) is 0 Å². The van der Waals surface area contributed by atoms with E-state index in [1.54, 1.807) is 0 Å². The summed E-state index contributed by atoms with van der Waals surface area (Å²) < 4.78 is 1.87. The first kappa shape index (κ1) is 15.9. The number of thioether (sulfide) groups is 1. The normalized spacial score (nSPS) is 16.6. The lowest BCUT2D eigenvalue weighted by atomic mass is 9.93. The van der Waals surface area contributed by atoms with Gasteiger partial charge in [-0.3, -0.25) is 14.0 Å². The molecule has 0 spiro atoms. The summed E-state index contributed by atoms with van der Waals surface area (Å²) in [5.74, 6) is -1.18. The van der Waals surface area contributed by atoms with Gasteiger partial charge in [-0.2, -0.15) is 0 Å². The van der Waals surface area contributed by atoms with E-state index in [1.165, 1.54) is 11.8 Å². The molecule has 0 radical (unpaired) electrons. The molecule has 2 N–H and O–H groups in total. The molecule has 1 aliphatic rings. The SMILES string of the molecule is CSc1nc(C(=O)NC2(CC(=O)O)CCCC2)c2ccccn12. The monoisotopic (exact) mass is 333 g/mol. The van der Waals surface area contributed by atoms with E-state index in [2.05, 4.69) is 10.3 Å². The summed E-state index contributed by atoms with van der Waals surface area (Å²) in [4.78, 5) is 28.3. The summed E-state index contributed by atoms with van der Waals surface area (Å²) in [6.45, 7) is 0. The number of nitrogens with zero attached hydrogens (tertiary/aromatic N) is 2. The number of aromatic nitrogens is 2. The molecule has 23 heavy (non-hydrogen) atoms. The Morgan fingerprint density at radius 2 is 2.13 bits per heavy atom. The minimum absolute atomic E-state index is 0.0418. The van der Waals surface area contributed by atoms with Crippen molar-refractivity contribution in [3.05, 3.63) is 30.1 Å². The number of aliphatic carboxylic acids is 1. The van der Waals surface area contributed by atoms with Crippen LogP contribution in [0.25, 0.3) is 5.52 Å². The first-order valence-corrected chi connectivity index (χ1v) is 8.82. The number of imidazole rings is 1. The van der Waals surface area contributed by atoms with Gasteiger partial charge in [0.05, 0.1) is 17.5 Å². The number of carboxylic acids is 1. The van der Waals surface area contributed by atoms with Gasteiger partial charge in [0.15, 0.2) is 10.9 Å². The molecule has 0 aromatic carbocycles. The van der Waals surface area contributed by atoms with Crippen molar-refractivity contribution in [2.24, 2.45) is 0 Å². The molecule has 1 saturated carbocycles. The standard InChI is InChI=1S/C16H19N3O3S/c1-23-15-17-13(11-6-2-5-9-19(11)15)14(22)18-16(10-12(20)21)7-3-4-8-16/h2,5-6,9H,3-4,7-8,10H2,1H3,(H,18,22)(H,20,21). The van der Waals surface area contributed by atoms with Crippen molar-refractivity contribution in [2.45, 2.75) is 42.8 Å². The maximum absolute atomic E-state index is 12.7. The summed E-state index contributed by atoms with van der Waals surface area (Å²) in [6.07, 6.45) is 7.01. The Labute approximate surface area is 138 Å². The fourth-order valence-electron chi connectivity index (χ4n) is 3.31. The van der Waals surface area contributed by atoms with Gasteiger partial charge in [-0.05, 0) is 31.2 Å². The van der Waals surface area contributed by atoms with Crippen LogP contribution in [0.4, 0.5) is 0 Å². The molecule has 2 heterocycles. The zero-order valence-corrected chi connectivity index (χ0v) is 13.7. The van der Waals surface area contributed by atoms with Crippen molar-refractivity contribution >= 4 is 29.2 Å². The average Bonchev–Trinajstić information content (AvgIpc) is 3.11. The van der Waals surface area contributed by atoms with E-state index in [0.717, 1.165) is 23.5 Å². The van der Waals surface area contributed by atoms with Crippen LogP contribution in [0.1, 0.15) is 42.6 Å². The Morgan fingerprint density at radius 1 is 1.39 bits per heavy atom. The van der Waals surface area contributed by atoms with E-state index in [4.69, 9.17) is 5.11 Å². The van der Waals surface area contributed by atoms with Gasteiger partial charge in [0.1, 0.15) is 0 Å². The molecule has 0 saturated heterocycles. The minimum atomic E-state index is -0.883. The Bertz CT molecular complexity index is 750. The molecule has 6 nitrogen and oxygen atoms in total. The molecule has 2 aromatic heterocycles. The highest BCUT2D eigenvalue weighted by atomic mass is 32.2. The number of carbonyl (C=O) groups is 2. The van der Waals surface area contributed by atoms with E-state index < -0.39 is 11.5 Å². The Hall–Kier alpha value is -2.02. The van der Waals surface area contributed by atoms with Crippen LogP contribution < -0.4 is 5.32 Å². The van der Waals surface area contributed by atoms with Crippen molar-refractivity contribution in [1.29, 1.82) is 0 Å². The smallest absolute Gasteiger partial charge is 0.305 e. The van der Waals surface area contributed by atoms with E-state index in [1.807, 2.05) is 35.1 Å². The second-order valence-electron chi connectivity index (χ2n) is 5.92. The molecule has 1 amide bonds. The van der Waals surface area contributed by atoms with E-state index >= 15 is 0 Å². The number of hydrogen-bond donors (Lipinski definition) is 2.